The molecule has 0 aliphatic heterocycles. The van der Waals surface area contributed by atoms with Gasteiger partial charge < -0.3 is 15.2 Å². The van der Waals surface area contributed by atoms with Gasteiger partial charge in [-0.05, 0) is 17.7 Å². The number of halogens is 2. The Hall–Kier alpha value is -2.47. The van der Waals surface area contributed by atoms with Crippen molar-refractivity contribution in [2.45, 2.75) is 12.7 Å². The van der Waals surface area contributed by atoms with E-state index < -0.39 is 29.4 Å². The lowest BCUT2D eigenvalue weighted by Gasteiger charge is -2.14. The number of rotatable bonds is 5. The van der Waals surface area contributed by atoms with Crippen molar-refractivity contribution in [3.63, 3.8) is 0 Å². The Morgan fingerprint density at radius 1 is 1.09 bits per heavy atom. The van der Waals surface area contributed by atoms with Crippen LogP contribution in [0, 0.1) is 11.6 Å². The van der Waals surface area contributed by atoms with Crippen LogP contribution in [0.15, 0.2) is 48.5 Å². The van der Waals surface area contributed by atoms with Crippen molar-refractivity contribution >= 4 is 6.09 Å². The van der Waals surface area contributed by atoms with Gasteiger partial charge in [0.05, 0.1) is 12.1 Å². The van der Waals surface area contributed by atoms with E-state index >= 15 is 0 Å². The molecule has 1 unspecified atom stereocenters. The lowest BCUT2D eigenvalue weighted by Crippen LogP contribution is -2.29. The van der Waals surface area contributed by atoms with Crippen molar-refractivity contribution in [3.05, 3.63) is 71.3 Å². The topological polar surface area (TPSA) is 58.6 Å². The Labute approximate surface area is 126 Å². The lowest BCUT2D eigenvalue weighted by molar-refractivity contribution is 0.123. The van der Waals surface area contributed by atoms with Crippen molar-refractivity contribution in [2.75, 3.05) is 6.54 Å². The Morgan fingerprint density at radius 3 is 2.36 bits per heavy atom. The van der Waals surface area contributed by atoms with Crippen LogP contribution < -0.4 is 5.32 Å². The first-order valence-electron chi connectivity index (χ1n) is 6.64. The maximum absolute atomic E-state index is 13.5. The molecule has 22 heavy (non-hydrogen) atoms. The van der Waals surface area contributed by atoms with E-state index in [1.807, 2.05) is 6.07 Å². The number of hydrogen-bond acceptors (Lipinski definition) is 3. The summed E-state index contributed by atoms with van der Waals surface area (Å²) >= 11 is 0. The second kappa shape index (κ2) is 7.51. The van der Waals surface area contributed by atoms with E-state index in [4.69, 9.17) is 4.74 Å². The second-order valence-corrected chi connectivity index (χ2v) is 4.59. The molecule has 0 radical (unpaired) electrons. The van der Waals surface area contributed by atoms with Crippen LogP contribution in [0.5, 0.6) is 0 Å². The molecule has 0 spiro atoms. The Morgan fingerprint density at radius 2 is 1.73 bits per heavy atom. The van der Waals surface area contributed by atoms with Crippen LogP contribution in [0.1, 0.15) is 17.2 Å². The van der Waals surface area contributed by atoms with Gasteiger partial charge in [-0.3, -0.25) is 0 Å². The highest BCUT2D eigenvalue weighted by molar-refractivity contribution is 5.67. The minimum Gasteiger partial charge on any atom is -0.445 e. The van der Waals surface area contributed by atoms with Crippen molar-refractivity contribution < 1.29 is 23.4 Å². The number of aliphatic hydroxyl groups is 1. The third-order valence-corrected chi connectivity index (χ3v) is 2.99. The molecule has 0 heterocycles. The lowest BCUT2D eigenvalue weighted by atomic mass is 10.1. The largest absolute Gasteiger partial charge is 0.445 e. The number of carbonyl (C=O) groups excluding carboxylic acids is 1. The summed E-state index contributed by atoms with van der Waals surface area (Å²) in [4.78, 5) is 11.5. The van der Waals surface area contributed by atoms with Crippen LogP contribution in [0.2, 0.25) is 0 Å². The summed E-state index contributed by atoms with van der Waals surface area (Å²) in [5.41, 5.74) is 0.323. The molecule has 4 nitrogen and oxygen atoms in total. The molecular weight excluding hydrogens is 292 g/mol. The minimum atomic E-state index is -1.49. The molecule has 2 rings (SSSR count). The van der Waals surface area contributed by atoms with E-state index in [2.05, 4.69) is 5.32 Å². The molecule has 2 N–H and O–H groups in total. The molecule has 1 amide bonds. The van der Waals surface area contributed by atoms with E-state index in [9.17, 15) is 18.7 Å². The number of nitrogens with one attached hydrogen (secondary N) is 1. The molecule has 0 aliphatic carbocycles. The van der Waals surface area contributed by atoms with Gasteiger partial charge in [0.1, 0.15) is 24.3 Å². The molecule has 0 fully saturated rings. The number of carbonyl (C=O) groups is 1. The third kappa shape index (κ3) is 4.26. The van der Waals surface area contributed by atoms with Gasteiger partial charge in [0.25, 0.3) is 0 Å². The third-order valence-electron chi connectivity index (χ3n) is 2.99. The SMILES string of the molecule is O=C(NCC(O)c1c(F)cccc1F)OCc1ccccc1. The summed E-state index contributed by atoms with van der Waals surface area (Å²) in [7, 11) is 0. The minimum absolute atomic E-state index is 0.0663. The first kappa shape index (κ1) is 15.9. The first-order chi connectivity index (χ1) is 10.6. The average Bonchev–Trinajstić information content (AvgIpc) is 2.52. The number of amides is 1. The fourth-order valence-corrected chi connectivity index (χ4v) is 1.89. The number of benzene rings is 2. The number of alkyl carbamates (subject to hydrolysis) is 1. The summed E-state index contributed by atoms with van der Waals surface area (Å²) < 4.78 is 31.8. The van der Waals surface area contributed by atoms with Crippen LogP contribution in [-0.4, -0.2) is 17.7 Å². The van der Waals surface area contributed by atoms with Gasteiger partial charge in [-0.1, -0.05) is 36.4 Å². The molecule has 6 heteroatoms. The van der Waals surface area contributed by atoms with E-state index in [-0.39, 0.29) is 13.2 Å². The molecule has 0 saturated heterocycles. The average molecular weight is 307 g/mol. The van der Waals surface area contributed by atoms with Crippen LogP contribution in [0.4, 0.5) is 13.6 Å². The standard InChI is InChI=1S/C16H15F2NO3/c17-12-7-4-8-13(18)15(12)14(20)9-19-16(21)22-10-11-5-2-1-3-6-11/h1-8,14,20H,9-10H2,(H,19,21). The highest BCUT2D eigenvalue weighted by atomic mass is 19.1. The summed E-state index contributed by atoms with van der Waals surface area (Å²) in [5, 5.41) is 12.0. The zero-order valence-corrected chi connectivity index (χ0v) is 11.6. The summed E-state index contributed by atoms with van der Waals surface area (Å²) in [6.07, 6.45) is -2.27. The maximum atomic E-state index is 13.5. The fraction of sp³-hybridized carbons (Fsp3) is 0.188. The highest BCUT2D eigenvalue weighted by Gasteiger charge is 2.18. The van der Waals surface area contributed by atoms with Gasteiger partial charge in [-0.25, -0.2) is 13.6 Å². The van der Waals surface area contributed by atoms with Crippen molar-refractivity contribution in [1.82, 2.24) is 5.32 Å². The van der Waals surface area contributed by atoms with Crippen LogP contribution >= 0.6 is 0 Å². The Bertz CT molecular complexity index is 614. The molecule has 0 aliphatic rings. The van der Waals surface area contributed by atoms with Crippen LogP contribution in [0.3, 0.4) is 0 Å². The predicted molar refractivity (Wildman–Crippen MR) is 75.9 cm³/mol. The molecule has 0 bridgehead atoms. The second-order valence-electron chi connectivity index (χ2n) is 4.59. The Balaban J connectivity index is 1.83. The Kier molecular flexibility index (Phi) is 5.43. The van der Waals surface area contributed by atoms with Gasteiger partial charge in [0, 0.05) is 0 Å². The highest BCUT2D eigenvalue weighted by Crippen LogP contribution is 2.19. The fourth-order valence-electron chi connectivity index (χ4n) is 1.89. The van der Waals surface area contributed by atoms with E-state index in [1.165, 1.54) is 6.07 Å². The zero-order chi connectivity index (χ0) is 15.9. The van der Waals surface area contributed by atoms with Crippen LogP contribution in [0.25, 0.3) is 0 Å². The molecule has 116 valence electrons. The van der Waals surface area contributed by atoms with Crippen molar-refractivity contribution in [2.24, 2.45) is 0 Å². The predicted octanol–water partition coefficient (Wildman–Crippen LogP) is 2.92. The molecular formula is C16H15F2NO3. The molecule has 2 aromatic rings. The smallest absolute Gasteiger partial charge is 0.407 e. The molecule has 0 aromatic heterocycles. The number of ether oxygens (including phenoxy) is 1. The van der Waals surface area contributed by atoms with E-state index in [1.54, 1.807) is 24.3 Å². The van der Waals surface area contributed by atoms with E-state index in [0.29, 0.717) is 0 Å². The van der Waals surface area contributed by atoms with E-state index in [0.717, 1.165) is 17.7 Å². The quantitative estimate of drug-likeness (QED) is 0.893. The van der Waals surface area contributed by atoms with Crippen molar-refractivity contribution in [1.29, 1.82) is 0 Å². The monoisotopic (exact) mass is 307 g/mol. The van der Waals surface area contributed by atoms with Crippen LogP contribution in [-0.2, 0) is 11.3 Å². The molecule has 0 saturated carbocycles. The number of aliphatic hydroxyl groups excluding tert-OH is 1. The van der Waals surface area contributed by atoms with Gasteiger partial charge in [-0.15, -0.1) is 0 Å². The molecule has 1 atom stereocenters. The number of hydrogen-bond donors (Lipinski definition) is 2. The normalized spacial score (nSPS) is 11.8. The van der Waals surface area contributed by atoms with Gasteiger partial charge in [0.15, 0.2) is 0 Å². The zero-order valence-electron chi connectivity index (χ0n) is 11.6. The summed E-state index contributed by atoms with van der Waals surface area (Å²) in [6, 6.07) is 12.3. The van der Waals surface area contributed by atoms with Crippen molar-refractivity contribution in [3.8, 4) is 0 Å². The molecule has 2 aromatic carbocycles. The summed E-state index contributed by atoms with van der Waals surface area (Å²) in [5.74, 6) is -1.74. The van der Waals surface area contributed by atoms with Gasteiger partial charge in [-0.2, -0.15) is 0 Å². The first-order valence-corrected chi connectivity index (χ1v) is 6.64. The van der Waals surface area contributed by atoms with Gasteiger partial charge in [0.2, 0.25) is 0 Å². The maximum Gasteiger partial charge on any atom is 0.407 e. The summed E-state index contributed by atoms with van der Waals surface area (Å²) in [6.45, 7) is -0.289. The van der Waals surface area contributed by atoms with Gasteiger partial charge >= 0.3 is 6.09 Å².